The number of hydrazine groups is 1. The Balaban J connectivity index is 1.84. The number of benzene rings is 2. The Kier molecular flexibility index (Phi) is 5.88. The molecule has 148 valence electrons. The first-order valence-corrected chi connectivity index (χ1v) is 8.66. The monoisotopic (exact) mass is 392 g/mol. The molecule has 0 atom stereocenters. The fraction of sp³-hybridized carbons (Fsp3) is 0.100. The Labute approximate surface area is 167 Å². The lowest BCUT2D eigenvalue weighted by molar-refractivity contribution is 0.0601. The highest BCUT2D eigenvalue weighted by molar-refractivity contribution is 5.98. The van der Waals surface area contributed by atoms with Crippen LogP contribution in [0.15, 0.2) is 60.9 Å². The summed E-state index contributed by atoms with van der Waals surface area (Å²) in [4.78, 5) is 34.2. The SMILES string of the molecule is COC(=O)c1ccccc1N(C)c1ncnc(NNC(=O)c2ccccc2)c1N. The van der Waals surface area contributed by atoms with Crippen molar-refractivity contribution >= 4 is 34.9 Å². The number of nitrogen functional groups attached to an aromatic ring is 1. The summed E-state index contributed by atoms with van der Waals surface area (Å²) in [6.07, 6.45) is 1.31. The number of carbonyl (C=O) groups excluding carboxylic acids is 2. The summed E-state index contributed by atoms with van der Waals surface area (Å²) < 4.78 is 4.83. The lowest BCUT2D eigenvalue weighted by atomic mass is 10.1. The molecule has 1 aromatic heterocycles. The van der Waals surface area contributed by atoms with Gasteiger partial charge in [0.05, 0.1) is 18.4 Å². The van der Waals surface area contributed by atoms with Crippen LogP contribution in [0.5, 0.6) is 0 Å². The van der Waals surface area contributed by atoms with Crippen LogP contribution in [0.2, 0.25) is 0 Å². The van der Waals surface area contributed by atoms with E-state index in [0.29, 0.717) is 22.6 Å². The normalized spacial score (nSPS) is 10.1. The smallest absolute Gasteiger partial charge is 0.339 e. The highest BCUT2D eigenvalue weighted by atomic mass is 16.5. The van der Waals surface area contributed by atoms with Crippen molar-refractivity contribution in [2.24, 2.45) is 0 Å². The van der Waals surface area contributed by atoms with Gasteiger partial charge >= 0.3 is 5.97 Å². The highest BCUT2D eigenvalue weighted by Crippen LogP contribution is 2.32. The summed E-state index contributed by atoms with van der Waals surface area (Å²) in [7, 11) is 3.03. The van der Waals surface area contributed by atoms with Gasteiger partial charge in [-0.15, -0.1) is 0 Å². The number of nitrogens with one attached hydrogen (secondary N) is 2. The van der Waals surface area contributed by atoms with E-state index in [-0.39, 0.29) is 17.4 Å². The van der Waals surface area contributed by atoms with Crippen LogP contribution in [0.1, 0.15) is 20.7 Å². The Morgan fingerprint density at radius 3 is 2.45 bits per heavy atom. The minimum absolute atomic E-state index is 0.197. The summed E-state index contributed by atoms with van der Waals surface area (Å²) in [5.41, 5.74) is 13.1. The van der Waals surface area contributed by atoms with Crippen LogP contribution in [0.25, 0.3) is 0 Å². The van der Waals surface area contributed by atoms with E-state index in [1.165, 1.54) is 13.4 Å². The number of aromatic nitrogens is 2. The highest BCUT2D eigenvalue weighted by Gasteiger charge is 2.19. The molecule has 0 aliphatic carbocycles. The summed E-state index contributed by atoms with van der Waals surface area (Å²) >= 11 is 0. The lowest BCUT2D eigenvalue weighted by Gasteiger charge is -2.23. The second-order valence-corrected chi connectivity index (χ2v) is 5.97. The average molecular weight is 392 g/mol. The minimum atomic E-state index is -0.478. The maximum Gasteiger partial charge on any atom is 0.339 e. The predicted molar refractivity (Wildman–Crippen MR) is 110 cm³/mol. The molecule has 0 bridgehead atoms. The number of anilines is 4. The molecule has 9 heteroatoms. The van der Waals surface area contributed by atoms with Gasteiger partial charge in [-0.2, -0.15) is 0 Å². The van der Waals surface area contributed by atoms with E-state index in [4.69, 9.17) is 10.5 Å². The zero-order chi connectivity index (χ0) is 20.8. The quantitative estimate of drug-likeness (QED) is 0.432. The Bertz CT molecular complexity index is 1030. The number of hydrogen-bond acceptors (Lipinski definition) is 8. The second-order valence-electron chi connectivity index (χ2n) is 5.97. The van der Waals surface area contributed by atoms with E-state index in [2.05, 4.69) is 20.8 Å². The number of ether oxygens (including phenoxy) is 1. The maximum absolute atomic E-state index is 12.2. The molecule has 1 heterocycles. The molecular formula is C20H20N6O3. The third kappa shape index (κ3) is 4.24. The Morgan fingerprint density at radius 2 is 1.72 bits per heavy atom. The summed E-state index contributed by atoms with van der Waals surface area (Å²) in [5, 5.41) is 0. The van der Waals surface area contributed by atoms with E-state index >= 15 is 0 Å². The number of hydrogen-bond donors (Lipinski definition) is 3. The van der Waals surface area contributed by atoms with Gasteiger partial charge in [-0.3, -0.25) is 15.6 Å². The van der Waals surface area contributed by atoms with Gasteiger partial charge in [-0.05, 0) is 24.3 Å². The third-order valence-electron chi connectivity index (χ3n) is 4.18. The molecule has 0 radical (unpaired) electrons. The number of nitrogens with two attached hydrogens (primary N) is 1. The van der Waals surface area contributed by atoms with Crippen LogP contribution in [-0.2, 0) is 4.74 Å². The van der Waals surface area contributed by atoms with Crippen LogP contribution >= 0.6 is 0 Å². The number of esters is 1. The van der Waals surface area contributed by atoms with Gasteiger partial charge in [0.15, 0.2) is 11.6 Å². The number of nitrogens with zero attached hydrogens (tertiary/aromatic N) is 3. The first-order chi connectivity index (χ1) is 14.0. The van der Waals surface area contributed by atoms with Crippen LogP contribution in [-0.4, -0.2) is 36.0 Å². The molecule has 9 nitrogen and oxygen atoms in total. The van der Waals surface area contributed by atoms with E-state index in [1.54, 1.807) is 60.5 Å². The van der Waals surface area contributed by atoms with Crippen molar-refractivity contribution in [3.63, 3.8) is 0 Å². The topological polar surface area (TPSA) is 122 Å². The summed E-state index contributed by atoms with van der Waals surface area (Å²) in [6.45, 7) is 0. The molecule has 1 amide bonds. The zero-order valence-electron chi connectivity index (χ0n) is 15.9. The van der Waals surface area contributed by atoms with Crippen molar-refractivity contribution in [2.75, 3.05) is 30.2 Å². The summed E-state index contributed by atoms with van der Waals surface area (Å²) in [6, 6.07) is 15.6. The largest absolute Gasteiger partial charge is 0.465 e. The van der Waals surface area contributed by atoms with Crippen molar-refractivity contribution in [1.29, 1.82) is 0 Å². The molecule has 29 heavy (non-hydrogen) atoms. The molecule has 4 N–H and O–H groups in total. The molecule has 0 spiro atoms. The fourth-order valence-corrected chi connectivity index (χ4v) is 2.69. The van der Waals surface area contributed by atoms with Crippen LogP contribution < -0.4 is 21.5 Å². The van der Waals surface area contributed by atoms with Crippen molar-refractivity contribution in [2.45, 2.75) is 0 Å². The Hall–Kier alpha value is -4.14. The Morgan fingerprint density at radius 1 is 1.03 bits per heavy atom. The lowest BCUT2D eigenvalue weighted by Crippen LogP contribution is -2.30. The average Bonchev–Trinajstić information content (AvgIpc) is 2.77. The van der Waals surface area contributed by atoms with E-state index in [9.17, 15) is 9.59 Å². The van der Waals surface area contributed by atoms with Crippen molar-refractivity contribution in [3.8, 4) is 0 Å². The van der Waals surface area contributed by atoms with Gasteiger partial charge < -0.3 is 15.4 Å². The molecular weight excluding hydrogens is 372 g/mol. The standard InChI is InChI=1S/C20H20N6O3/c1-26(15-11-7-6-10-14(15)20(28)29-2)18-16(21)17(22-12-23-18)24-25-19(27)13-8-4-3-5-9-13/h3-12H,21H2,1-2H3,(H,25,27)(H,22,23,24). The minimum Gasteiger partial charge on any atom is -0.465 e. The van der Waals surface area contributed by atoms with E-state index < -0.39 is 5.97 Å². The van der Waals surface area contributed by atoms with Crippen molar-refractivity contribution in [1.82, 2.24) is 15.4 Å². The predicted octanol–water partition coefficient (Wildman–Crippen LogP) is 2.37. The summed E-state index contributed by atoms with van der Waals surface area (Å²) in [5.74, 6) is -0.238. The first kappa shape index (κ1) is 19.6. The van der Waals surface area contributed by atoms with Crippen molar-refractivity contribution in [3.05, 3.63) is 72.1 Å². The molecule has 3 rings (SSSR count). The first-order valence-electron chi connectivity index (χ1n) is 8.66. The third-order valence-corrected chi connectivity index (χ3v) is 4.18. The number of amides is 1. The van der Waals surface area contributed by atoms with Gasteiger partial charge in [0, 0.05) is 12.6 Å². The van der Waals surface area contributed by atoms with Gasteiger partial charge in [0.2, 0.25) is 0 Å². The molecule has 0 aliphatic rings. The fourth-order valence-electron chi connectivity index (χ4n) is 2.69. The molecule has 0 saturated carbocycles. The van der Waals surface area contributed by atoms with Gasteiger partial charge in [0.1, 0.15) is 12.0 Å². The molecule has 0 fully saturated rings. The van der Waals surface area contributed by atoms with Crippen LogP contribution in [0.4, 0.5) is 23.0 Å². The van der Waals surface area contributed by atoms with Crippen molar-refractivity contribution < 1.29 is 14.3 Å². The van der Waals surface area contributed by atoms with E-state index in [1.807, 2.05) is 6.07 Å². The van der Waals surface area contributed by atoms with Gasteiger partial charge in [0.25, 0.3) is 5.91 Å². The second kappa shape index (κ2) is 8.70. The zero-order valence-corrected chi connectivity index (χ0v) is 15.9. The number of para-hydroxylation sites is 1. The van der Waals surface area contributed by atoms with E-state index in [0.717, 1.165) is 0 Å². The maximum atomic E-state index is 12.2. The molecule has 3 aromatic rings. The van der Waals surface area contributed by atoms with Gasteiger partial charge in [-0.25, -0.2) is 14.8 Å². The molecule has 0 unspecified atom stereocenters. The van der Waals surface area contributed by atoms with Crippen LogP contribution in [0, 0.1) is 0 Å². The number of rotatable bonds is 6. The molecule has 0 aliphatic heterocycles. The molecule has 2 aromatic carbocycles. The van der Waals surface area contributed by atoms with Gasteiger partial charge in [-0.1, -0.05) is 30.3 Å². The van der Waals surface area contributed by atoms with Crippen LogP contribution in [0.3, 0.4) is 0 Å². The number of methoxy groups -OCH3 is 1. The molecule has 0 saturated heterocycles. The number of carbonyl (C=O) groups is 2.